The fraction of sp³-hybridized carbons (Fsp3) is 0.250. The summed E-state index contributed by atoms with van der Waals surface area (Å²) < 4.78 is 0. The Hall–Kier alpha value is -2.54. The Bertz CT molecular complexity index is 799. The van der Waals surface area contributed by atoms with Gasteiger partial charge in [-0.1, -0.05) is 68.8 Å². The van der Waals surface area contributed by atoms with Crippen LogP contribution in [-0.4, -0.2) is 0 Å². The van der Waals surface area contributed by atoms with E-state index >= 15 is 0 Å². The van der Waals surface area contributed by atoms with Gasteiger partial charge in [-0.2, -0.15) is 0 Å². The molecule has 0 aliphatic rings. The number of anilines is 3. The molecule has 0 unspecified atom stereocenters. The van der Waals surface area contributed by atoms with E-state index in [0.29, 0.717) is 0 Å². The molecule has 0 N–H and O–H groups in total. The first kappa shape index (κ1) is 17.3. The number of hydrogen-bond acceptors (Lipinski definition) is 1. The second-order valence-electron chi connectivity index (χ2n) is 7.29. The van der Waals surface area contributed by atoms with E-state index in [1.54, 1.807) is 0 Å². The summed E-state index contributed by atoms with van der Waals surface area (Å²) in [6.07, 6.45) is 1.13. The van der Waals surface area contributed by atoms with Crippen molar-refractivity contribution in [2.45, 2.75) is 39.5 Å². The summed E-state index contributed by atoms with van der Waals surface area (Å²) in [7, 11) is 0. The monoisotopic (exact) mass is 329 g/mol. The summed E-state index contributed by atoms with van der Waals surface area (Å²) in [4.78, 5) is 2.31. The molecule has 0 fully saturated rings. The minimum atomic E-state index is 0.208. The van der Waals surface area contributed by atoms with Gasteiger partial charge < -0.3 is 4.90 Å². The van der Waals surface area contributed by atoms with Crippen molar-refractivity contribution >= 4 is 17.1 Å². The van der Waals surface area contributed by atoms with E-state index in [2.05, 4.69) is 111 Å². The van der Waals surface area contributed by atoms with Crippen molar-refractivity contribution in [3.63, 3.8) is 0 Å². The summed E-state index contributed by atoms with van der Waals surface area (Å²) in [6, 6.07) is 28.3. The van der Waals surface area contributed by atoms with Crippen LogP contribution in [0, 0.1) is 6.92 Å². The molecule has 0 atom stereocenters. The molecule has 0 spiro atoms. The molecule has 0 bridgehead atoms. The molecule has 3 rings (SSSR count). The maximum absolute atomic E-state index is 2.31. The van der Waals surface area contributed by atoms with E-state index in [9.17, 15) is 0 Å². The molecule has 1 heteroatoms. The highest BCUT2D eigenvalue weighted by Gasteiger charge is 2.19. The molecule has 3 aromatic carbocycles. The van der Waals surface area contributed by atoms with Crippen LogP contribution in [0.25, 0.3) is 0 Å². The summed E-state index contributed by atoms with van der Waals surface area (Å²) in [5, 5.41) is 0. The predicted molar refractivity (Wildman–Crippen MR) is 109 cm³/mol. The zero-order valence-corrected chi connectivity index (χ0v) is 15.7. The smallest absolute Gasteiger partial charge is 0.0461 e. The highest BCUT2D eigenvalue weighted by Crippen LogP contribution is 2.36. The third kappa shape index (κ3) is 3.76. The number of hydrogen-bond donors (Lipinski definition) is 0. The molecule has 0 aliphatic carbocycles. The summed E-state index contributed by atoms with van der Waals surface area (Å²) in [5.74, 6) is 0. The molecule has 0 saturated carbocycles. The van der Waals surface area contributed by atoms with Crippen molar-refractivity contribution in [1.29, 1.82) is 0 Å². The third-order valence-electron chi connectivity index (χ3n) is 5.10. The highest BCUT2D eigenvalue weighted by atomic mass is 15.1. The highest BCUT2D eigenvalue weighted by molar-refractivity contribution is 5.76. The Labute approximate surface area is 151 Å². The minimum Gasteiger partial charge on any atom is -0.311 e. The molecule has 0 saturated heterocycles. The quantitative estimate of drug-likeness (QED) is 0.480. The second-order valence-corrected chi connectivity index (χ2v) is 7.29. The van der Waals surface area contributed by atoms with Crippen LogP contribution in [0.2, 0.25) is 0 Å². The lowest BCUT2D eigenvalue weighted by Gasteiger charge is -2.28. The van der Waals surface area contributed by atoms with Gasteiger partial charge in [0, 0.05) is 17.1 Å². The number of para-hydroxylation sites is 1. The van der Waals surface area contributed by atoms with Crippen LogP contribution >= 0.6 is 0 Å². The SMILES string of the molecule is CCC(C)(C)c1ccc(N(c2ccccc2)c2ccc(C)cc2)cc1. The normalized spacial score (nSPS) is 11.4. The van der Waals surface area contributed by atoms with Gasteiger partial charge in [-0.25, -0.2) is 0 Å². The van der Waals surface area contributed by atoms with Crippen LogP contribution in [-0.2, 0) is 5.41 Å². The van der Waals surface area contributed by atoms with Crippen LogP contribution < -0.4 is 4.90 Å². The van der Waals surface area contributed by atoms with Crippen molar-refractivity contribution in [3.8, 4) is 0 Å². The van der Waals surface area contributed by atoms with Crippen molar-refractivity contribution in [2.75, 3.05) is 4.90 Å². The average molecular weight is 329 g/mol. The fourth-order valence-corrected chi connectivity index (χ4v) is 2.98. The molecule has 0 heterocycles. The molecule has 0 aliphatic heterocycles. The van der Waals surface area contributed by atoms with Crippen molar-refractivity contribution < 1.29 is 0 Å². The summed E-state index contributed by atoms with van der Waals surface area (Å²) in [5.41, 5.74) is 6.41. The molecule has 25 heavy (non-hydrogen) atoms. The Morgan fingerprint density at radius 2 is 1.16 bits per heavy atom. The van der Waals surface area contributed by atoms with E-state index in [4.69, 9.17) is 0 Å². The summed E-state index contributed by atoms with van der Waals surface area (Å²) >= 11 is 0. The molecular weight excluding hydrogens is 302 g/mol. The maximum Gasteiger partial charge on any atom is 0.0461 e. The fourth-order valence-electron chi connectivity index (χ4n) is 2.98. The summed E-state index contributed by atoms with van der Waals surface area (Å²) in [6.45, 7) is 8.97. The molecule has 0 radical (unpaired) electrons. The zero-order chi connectivity index (χ0) is 17.9. The molecule has 128 valence electrons. The van der Waals surface area contributed by atoms with Crippen LogP contribution in [0.15, 0.2) is 78.9 Å². The first-order valence-corrected chi connectivity index (χ1v) is 9.03. The van der Waals surface area contributed by atoms with E-state index < -0.39 is 0 Å². The number of rotatable bonds is 5. The van der Waals surface area contributed by atoms with Crippen LogP contribution in [0.5, 0.6) is 0 Å². The molecular formula is C24H27N. The average Bonchev–Trinajstić information content (AvgIpc) is 2.65. The van der Waals surface area contributed by atoms with Crippen LogP contribution in [0.1, 0.15) is 38.3 Å². The van der Waals surface area contributed by atoms with Gasteiger partial charge in [0.2, 0.25) is 0 Å². The topological polar surface area (TPSA) is 3.24 Å². The van der Waals surface area contributed by atoms with Gasteiger partial charge in [-0.05, 0) is 60.7 Å². The zero-order valence-electron chi connectivity index (χ0n) is 15.7. The van der Waals surface area contributed by atoms with Crippen LogP contribution in [0.4, 0.5) is 17.1 Å². The van der Waals surface area contributed by atoms with Gasteiger partial charge in [0.15, 0.2) is 0 Å². The number of aryl methyl sites for hydroxylation is 1. The van der Waals surface area contributed by atoms with Crippen LogP contribution in [0.3, 0.4) is 0 Å². The van der Waals surface area contributed by atoms with E-state index in [1.807, 2.05) is 0 Å². The molecule has 1 nitrogen and oxygen atoms in total. The van der Waals surface area contributed by atoms with Gasteiger partial charge in [0.1, 0.15) is 0 Å². The van der Waals surface area contributed by atoms with Gasteiger partial charge >= 0.3 is 0 Å². The Morgan fingerprint density at radius 3 is 1.68 bits per heavy atom. The first-order valence-electron chi connectivity index (χ1n) is 9.03. The number of nitrogens with zero attached hydrogens (tertiary/aromatic N) is 1. The van der Waals surface area contributed by atoms with E-state index in [1.165, 1.54) is 28.2 Å². The third-order valence-corrected chi connectivity index (χ3v) is 5.10. The predicted octanol–water partition coefficient (Wildman–Crippen LogP) is 7.15. The van der Waals surface area contributed by atoms with E-state index in [0.717, 1.165) is 6.42 Å². The lowest BCUT2D eigenvalue weighted by Crippen LogP contribution is -2.16. The van der Waals surface area contributed by atoms with E-state index in [-0.39, 0.29) is 5.41 Å². The second kappa shape index (κ2) is 7.14. The standard InChI is InChI=1S/C24H27N/c1-5-24(3,4)20-13-17-23(18-14-20)25(21-9-7-6-8-10-21)22-15-11-19(2)12-16-22/h6-18H,5H2,1-4H3. The number of benzene rings is 3. The first-order chi connectivity index (χ1) is 12.0. The molecule has 0 amide bonds. The Balaban J connectivity index is 2.05. The van der Waals surface area contributed by atoms with Crippen molar-refractivity contribution in [2.24, 2.45) is 0 Å². The lowest BCUT2D eigenvalue weighted by molar-refractivity contribution is 0.506. The van der Waals surface area contributed by atoms with Gasteiger partial charge in [0.05, 0.1) is 0 Å². The van der Waals surface area contributed by atoms with Gasteiger partial charge in [0.25, 0.3) is 0 Å². The Morgan fingerprint density at radius 1 is 0.680 bits per heavy atom. The largest absolute Gasteiger partial charge is 0.311 e. The van der Waals surface area contributed by atoms with Crippen molar-refractivity contribution in [3.05, 3.63) is 90.0 Å². The maximum atomic E-state index is 2.31. The van der Waals surface area contributed by atoms with Gasteiger partial charge in [-0.15, -0.1) is 0 Å². The molecule has 3 aromatic rings. The minimum absolute atomic E-state index is 0.208. The lowest BCUT2D eigenvalue weighted by atomic mass is 9.82. The Kier molecular flexibility index (Phi) is 4.94. The molecule has 0 aromatic heterocycles. The van der Waals surface area contributed by atoms with Gasteiger partial charge in [-0.3, -0.25) is 0 Å². The van der Waals surface area contributed by atoms with Crippen molar-refractivity contribution in [1.82, 2.24) is 0 Å².